The lowest BCUT2D eigenvalue weighted by molar-refractivity contribution is -0.129. The van der Waals surface area contributed by atoms with Gasteiger partial charge in [0.15, 0.2) is 0 Å². The summed E-state index contributed by atoms with van der Waals surface area (Å²) in [5, 5.41) is 21.4. The first-order valence-electron chi connectivity index (χ1n) is 10.7. The Morgan fingerprint density at radius 2 is 2.07 bits per heavy atom. The molecule has 2 fully saturated rings. The van der Waals surface area contributed by atoms with Crippen LogP contribution in [0.4, 0.5) is 0 Å². The first-order valence-corrected chi connectivity index (χ1v) is 10.7. The summed E-state index contributed by atoms with van der Waals surface area (Å²) < 4.78 is 7.98. The maximum absolute atomic E-state index is 12.0. The van der Waals surface area contributed by atoms with Gasteiger partial charge in [0.1, 0.15) is 6.10 Å². The van der Waals surface area contributed by atoms with E-state index in [1.807, 2.05) is 23.7 Å². The Bertz CT molecular complexity index is 615. The zero-order chi connectivity index (χ0) is 19.9. The van der Waals surface area contributed by atoms with Crippen molar-refractivity contribution in [2.24, 2.45) is 0 Å². The SMILES string of the molecule is CN(C)CC(=O)N[C@H]1CC[C@H](CCn2cc(C3CCCCC3)nn2)O[C@H]1CO. The molecule has 2 heterocycles. The number of ether oxygens (including phenoxy) is 1. The molecule has 1 amide bonds. The maximum Gasteiger partial charge on any atom is 0.234 e. The van der Waals surface area contributed by atoms with Gasteiger partial charge >= 0.3 is 0 Å². The quantitative estimate of drug-likeness (QED) is 0.692. The molecule has 0 spiro atoms. The van der Waals surface area contributed by atoms with E-state index >= 15 is 0 Å². The zero-order valence-electron chi connectivity index (χ0n) is 17.2. The topological polar surface area (TPSA) is 92.5 Å². The van der Waals surface area contributed by atoms with Gasteiger partial charge < -0.3 is 20.1 Å². The number of carbonyl (C=O) groups is 1. The van der Waals surface area contributed by atoms with Crippen LogP contribution in [0.5, 0.6) is 0 Å². The fraction of sp³-hybridized carbons (Fsp3) is 0.850. The second kappa shape index (κ2) is 10.3. The molecule has 3 atom stereocenters. The molecule has 0 unspecified atom stereocenters. The van der Waals surface area contributed by atoms with Crippen LogP contribution in [-0.4, -0.2) is 76.4 Å². The largest absolute Gasteiger partial charge is 0.394 e. The highest BCUT2D eigenvalue weighted by molar-refractivity contribution is 5.78. The Labute approximate surface area is 167 Å². The highest BCUT2D eigenvalue weighted by Gasteiger charge is 2.31. The normalized spacial score (nSPS) is 26.5. The molecule has 0 aromatic carbocycles. The molecule has 1 aliphatic carbocycles. The Kier molecular flexibility index (Phi) is 7.82. The van der Waals surface area contributed by atoms with Crippen molar-refractivity contribution < 1.29 is 14.6 Å². The van der Waals surface area contributed by atoms with E-state index in [0.29, 0.717) is 12.5 Å². The van der Waals surface area contributed by atoms with Crippen molar-refractivity contribution in [2.45, 2.75) is 82.1 Å². The lowest BCUT2D eigenvalue weighted by Crippen LogP contribution is -2.52. The van der Waals surface area contributed by atoms with E-state index in [-0.39, 0.29) is 30.8 Å². The van der Waals surface area contributed by atoms with E-state index in [9.17, 15) is 9.90 Å². The number of nitrogens with one attached hydrogen (secondary N) is 1. The monoisotopic (exact) mass is 393 g/mol. The van der Waals surface area contributed by atoms with E-state index < -0.39 is 0 Å². The number of carbonyl (C=O) groups excluding carboxylic acids is 1. The van der Waals surface area contributed by atoms with Gasteiger partial charge in [-0.2, -0.15) is 0 Å². The van der Waals surface area contributed by atoms with Crippen LogP contribution in [-0.2, 0) is 16.1 Å². The van der Waals surface area contributed by atoms with Gasteiger partial charge in [-0.05, 0) is 46.2 Å². The van der Waals surface area contributed by atoms with Crippen LogP contribution in [0.3, 0.4) is 0 Å². The molecule has 0 bridgehead atoms. The van der Waals surface area contributed by atoms with Crippen LogP contribution < -0.4 is 5.32 Å². The van der Waals surface area contributed by atoms with E-state index in [4.69, 9.17) is 4.74 Å². The van der Waals surface area contributed by atoms with Gasteiger partial charge in [0, 0.05) is 18.7 Å². The van der Waals surface area contributed by atoms with Crippen molar-refractivity contribution in [3.63, 3.8) is 0 Å². The average Bonchev–Trinajstić information content (AvgIpc) is 3.16. The highest BCUT2D eigenvalue weighted by Crippen LogP contribution is 2.31. The van der Waals surface area contributed by atoms with Crippen LogP contribution in [0.2, 0.25) is 0 Å². The molecule has 158 valence electrons. The number of nitrogens with zero attached hydrogens (tertiary/aromatic N) is 4. The van der Waals surface area contributed by atoms with Gasteiger partial charge in [-0.15, -0.1) is 5.10 Å². The van der Waals surface area contributed by atoms with Gasteiger partial charge in [-0.3, -0.25) is 9.48 Å². The molecular formula is C20H35N5O3. The van der Waals surface area contributed by atoms with Crippen molar-refractivity contribution in [1.29, 1.82) is 0 Å². The summed E-state index contributed by atoms with van der Waals surface area (Å²) in [6.45, 7) is 1.02. The van der Waals surface area contributed by atoms with E-state index in [1.54, 1.807) is 0 Å². The first-order chi connectivity index (χ1) is 13.5. The third kappa shape index (κ3) is 5.99. The Balaban J connectivity index is 1.44. The summed E-state index contributed by atoms with van der Waals surface area (Å²) >= 11 is 0. The molecule has 1 saturated heterocycles. The summed E-state index contributed by atoms with van der Waals surface area (Å²) in [5.74, 6) is 0.534. The predicted octanol–water partition coefficient (Wildman–Crippen LogP) is 1.30. The fourth-order valence-corrected chi connectivity index (χ4v) is 4.33. The summed E-state index contributed by atoms with van der Waals surface area (Å²) in [6, 6.07) is -0.127. The maximum atomic E-state index is 12.0. The van der Waals surface area contributed by atoms with Crippen molar-refractivity contribution >= 4 is 5.91 Å². The molecule has 1 aromatic heterocycles. The second-order valence-corrected chi connectivity index (χ2v) is 8.50. The standard InChI is InChI=1S/C20H35N5O3/c1-24(2)13-20(27)21-17-9-8-16(28-19(17)14-26)10-11-25-12-18(22-23-25)15-6-4-3-5-7-15/h12,15-17,19,26H,3-11,13-14H2,1-2H3,(H,21,27)/t16-,17+,19+/m1/s1. The van der Waals surface area contributed by atoms with Crippen LogP contribution in [0.1, 0.15) is 63.0 Å². The number of aliphatic hydroxyl groups is 1. The fourth-order valence-electron chi connectivity index (χ4n) is 4.33. The van der Waals surface area contributed by atoms with Crippen molar-refractivity contribution in [1.82, 2.24) is 25.2 Å². The Hall–Kier alpha value is -1.51. The number of amides is 1. The predicted molar refractivity (Wildman–Crippen MR) is 106 cm³/mol. The molecule has 2 N–H and O–H groups in total. The van der Waals surface area contributed by atoms with E-state index in [1.165, 1.54) is 32.1 Å². The molecule has 1 aliphatic heterocycles. The minimum atomic E-state index is -0.349. The lowest BCUT2D eigenvalue weighted by atomic mass is 9.87. The summed E-state index contributed by atoms with van der Waals surface area (Å²) in [5.41, 5.74) is 1.13. The molecule has 1 saturated carbocycles. The molecule has 8 heteroatoms. The lowest BCUT2D eigenvalue weighted by Gasteiger charge is -2.36. The number of aryl methyl sites for hydroxylation is 1. The molecule has 28 heavy (non-hydrogen) atoms. The molecular weight excluding hydrogens is 358 g/mol. The number of aromatic nitrogens is 3. The number of likely N-dealkylation sites (N-methyl/N-ethyl adjacent to an activating group) is 1. The molecule has 0 radical (unpaired) electrons. The van der Waals surface area contributed by atoms with E-state index in [0.717, 1.165) is 31.5 Å². The molecule has 1 aromatic rings. The number of hydrogen-bond donors (Lipinski definition) is 2. The second-order valence-electron chi connectivity index (χ2n) is 8.50. The van der Waals surface area contributed by atoms with Crippen molar-refractivity contribution in [2.75, 3.05) is 27.2 Å². The van der Waals surface area contributed by atoms with Gasteiger partial charge in [0.05, 0.1) is 31.0 Å². The van der Waals surface area contributed by atoms with Gasteiger partial charge in [-0.1, -0.05) is 24.5 Å². The third-order valence-corrected chi connectivity index (χ3v) is 5.86. The summed E-state index contributed by atoms with van der Waals surface area (Å²) in [7, 11) is 3.72. The minimum absolute atomic E-state index is 0.0339. The zero-order valence-corrected chi connectivity index (χ0v) is 17.2. The van der Waals surface area contributed by atoms with Gasteiger partial charge in [0.2, 0.25) is 5.91 Å². The molecule has 3 rings (SSSR count). The van der Waals surface area contributed by atoms with Crippen molar-refractivity contribution in [3.05, 3.63) is 11.9 Å². The summed E-state index contributed by atoms with van der Waals surface area (Å²) in [6.07, 6.45) is 10.7. The van der Waals surface area contributed by atoms with Gasteiger partial charge in [-0.25, -0.2) is 0 Å². The number of rotatable bonds is 8. The van der Waals surface area contributed by atoms with Crippen LogP contribution in [0, 0.1) is 0 Å². The minimum Gasteiger partial charge on any atom is -0.394 e. The Morgan fingerprint density at radius 1 is 1.29 bits per heavy atom. The average molecular weight is 394 g/mol. The van der Waals surface area contributed by atoms with Crippen LogP contribution >= 0.6 is 0 Å². The Morgan fingerprint density at radius 3 is 2.79 bits per heavy atom. The number of hydrogen-bond acceptors (Lipinski definition) is 6. The first kappa shape index (κ1) is 21.2. The van der Waals surface area contributed by atoms with Crippen LogP contribution in [0.15, 0.2) is 6.20 Å². The highest BCUT2D eigenvalue weighted by atomic mass is 16.5. The van der Waals surface area contributed by atoms with Crippen molar-refractivity contribution in [3.8, 4) is 0 Å². The van der Waals surface area contributed by atoms with Crippen LogP contribution in [0.25, 0.3) is 0 Å². The van der Waals surface area contributed by atoms with Gasteiger partial charge in [0.25, 0.3) is 0 Å². The van der Waals surface area contributed by atoms with E-state index in [2.05, 4.69) is 21.8 Å². The smallest absolute Gasteiger partial charge is 0.234 e. The summed E-state index contributed by atoms with van der Waals surface area (Å²) in [4.78, 5) is 13.8. The molecule has 2 aliphatic rings. The third-order valence-electron chi connectivity index (χ3n) is 5.86. The number of aliphatic hydroxyl groups excluding tert-OH is 1. The molecule has 8 nitrogen and oxygen atoms in total.